The van der Waals surface area contributed by atoms with Crippen molar-refractivity contribution in [1.29, 1.82) is 0 Å². The Morgan fingerprint density at radius 2 is 1.93 bits per heavy atom. The first-order valence-electron chi connectivity index (χ1n) is 10.5. The first-order valence-corrected chi connectivity index (χ1v) is 10.9. The van der Waals surface area contributed by atoms with Crippen molar-refractivity contribution in [3.8, 4) is 0 Å². The van der Waals surface area contributed by atoms with Gasteiger partial charge in [-0.15, -0.1) is 0 Å². The van der Waals surface area contributed by atoms with Crippen LogP contribution in [0.25, 0.3) is 11.2 Å². The van der Waals surface area contributed by atoms with Crippen LogP contribution in [-0.2, 0) is 17.3 Å². The van der Waals surface area contributed by atoms with Crippen LogP contribution in [0.2, 0.25) is 5.28 Å². The summed E-state index contributed by atoms with van der Waals surface area (Å²) in [5.41, 5.74) is 0.0972. The maximum Gasteiger partial charge on any atom is 0.330 e. The highest BCUT2D eigenvalue weighted by Crippen LogP contribution is 2.65. The Kier molecular flexibility index (Phi) is 4.07. The summed E-state index contributed by atoms with van der Waals surface area (Å²) < 4.78 is 9.54. The van der Waals surface area contributed by atoms with Gasteiger partial charge in [0.2, 0.25) is 5.28 Å². The van der Waals surface area contributed by atoms with Gasteiger partial charge in [-0.05, 0) is 82.7 Å². The zero-order chi connectivity index (χ0) is 20.8. The van der Waals surface area contributed by atoms with Crippen molar-refractivity contribution in [2.24, 2.45) is 24.3 Å². The van der Waals surface area contributed by atoms with Gasteiger partial charge in [0.25, 0.3) is 0 Å². The lowest BCUT2D eigenvalue weighted by atomic mass is 9.46. The van der Waals surface area contributed by atoms with E-state index in [0.717, 1.165) is 32.1 Å². The molecular weight excluding hydrogens is 392 g/mol. The molecule has 2 aromatic rings. The van der Waals surface area contributed by atoms with Gasteiger partial charge in [0.1, 0.15) is 5.52 Å². The number of fused-ring (bicyclic) bond motifs is 1. The number of aryl methyl sites for hydroxylation is 1. The van der Waals surface area contributed by atoms with Crippen molar-refractivity contribution in [1.82, 2.24) is 19.1 Å². The number of hydrogen-bond acceptors (Lipinski definition) is 5. The van der Waals surface area contributed by atoms with E-state index in [4.69, 9.17) is 16.3 Å². The van der Waals surface area contributed by atoms with Crippen LogP contribution < -0.4 is 5.69 Å². The summed E-state index contributed by atoms with van der Waals surface area (Å²) in [6.45, 7) is 5.92. The lowest BCUT2D eigenvalue weighted by molar-refractivity contribution is -0.270. The van der Waals surface area contributed by atoms with E-state index < -0.39 is 11.9 Å². The first-order chi connectivity index (χ1) is 13.5. The molecule has 0 radical (unpaired) electrons. The number of hydrogen-bond donors (Lipinski definition) is 1. The average molecular weight is 421 g/mol. The van der Waals surface area contributed by atoms with E-state index in [9.17, 15) is 9.90 Å². The Balaban J connectivity index is 1.65. The third kappa shape index (κ3) is 2.88. The van der Waals surface area contributed by atoms with Gasteiger partial charge in [0, 0.05) is 12.5 Å². The monoisotopic (exact) mass is 420 g/mol. The maximum atomic E-state index is 13.3. The molecule has 158 valence electrons. The zero-order valence-electron chi connectivity index (χ0n) is 17.5. The van der Waals surface area contributed by atoms with Crippen LogP contribution in [0.1, 0.15) is 59.3 Å². The van der Waals surface area contributed by atoms with E-state index in [0.29, 0.717) is 23.0 Å². The van der Waals surface area contributed by atoms with E-state index in [1.807, 2.05) is 25.3 Å². The van der Waals surface area contributed by atoms with Crippen molar-refractivity contribution in [3.05, 3.63) is 22.0 Å². The van der Waals surface area contributed by atoms with Gasteiger partial charge in [0.15, 0.2) is 11.9 Å². The van der Waals surface area contributed by atoms with Crippen LogP contribution >= 0.6 is 11.6 Å². The molecule has 0 saturated heterocycles. The Morgan fingerprint density at radius 3 is 2.55 bits per heavy atom. The number of aliphatic hydroxyl groups is 1. The van der Waals surface area contributed by atoms with Crippen LogP contribution in [0.4, 0.5) is 0 Å². The fraction of sp³-hybridized carbons (Fsp3) is 0.762. The molecule has 1 N–H and O–H groups in total. The average Bonchev–Trinajstić information content (AvgIpc) is 2.83. The van der Waals surface area contributed by atoms with Crippen molar-refractivity contribution in [2.75, 3.05) is 0 Å². The topological polar surface area (TPSA) is 82.2 Å². The Hall–Kier alpha value is -1.44. The van der Waals surface area contributed by atoms with Crippen molar-refractivity contribution in [2.45, 2.75) is 76.7 Å². The first kappa shape index (κ1) is 19.5. The number of nitrogens with zero attached hydrogens (tertiary/aromatic N) is 4. The lowest BCUT2D eigenvalue weighted by Gasteiger charge is -2.63. The second-order valence-corrected chi connectivity index (χ2v) is 11.0. The highest BCUT2D eigenvalue weighted by Gasteiger charge is 2.62. The van der Waals surface area contributed by atoms with Gasteiger partial charge >= 0.3 is 5.69 Å². The molecule has 4 saturated carbocycles. The molecule has 7 nitrogen and oxygen atoms in total. The van der Waals surface area contributed by atoms with Crippen molar-refractivity contribution >= 4 is 22.8 Å². The number of aromatic nitrogens is 4. The van der Waals surface area contributed by atoms with Gasteiger partial charge in [-0.2, -0.15) is 4.98 Å². The number of halogens is 1. The minimum absolute atomic E-state index is 0.0834. The summed E-state index contributed by atoms with van der Waals surface area (Å²) in [5.74, 6) is 0.961. The molecule has 4 aliphatic rings. The van der Waals surface area contributed by atoms with Crippen molar-refractivity contribution in [3.63, 3.8) is 0 Å². The zero-order valence-corrected chi connectivity index (χ0v) is 18.2. The molecule has 3 unspecified atom stereocenters. The lowest BCUT2D eigenvalue weighted by Crippen LogP contribution is -2.62. The fourth-order valence-corrected chi connectivity index (χ4v) is 6.94. The predicted octanol–water partition coefficient (Wildman–Crippen LogP) is 3.21. The van der Waals surface area contributed by atoms with E-state index in [1.54, 1.807) is 17.8 Å². The van der Waals surface area contributed by atoms with Crippen LogP contribution in [0.5, 0.6) is 0 Å². The van der Waals surface area contributed by atoms with Crippen LogP contribution in [0.15, 0.2) is 11.0 Å². The molecule has 2 heterocycles. The Bertz CT molecular complexity index is 1020. The third-order valence-electron chi connectivity index (χ3n) is 7.31. The quantitative estimate of drug-likeness (QED) is 0.609. The Labute approximate surface area is 175 Å². The summed E-state index contributed by atoms with van der Waals surface area (Å²) in [6.07, 6.45) is 6.47. The van der Waals surface area contributed by atoms with Gasteiger partial charge in [0.05, 0.1) is 17.3 Å². The minimum Gasteiger partial charge on any atom is -0.367 e. The molecule has 4 aliphatic carbocycles. The summed E-state index contributed by atoms with van der Waals surface area (Å²) in [6, 6.07) is 0. The van der Waals surface area contributed by atoms with Crippen molar-refractivity contribution < 1.29 is 9.84 Å². The molecule has 0 amide bonds. The standard InChI is InChI=1S/C21H29ClN4O3/c1-19(2,3)29-16(27)20-6-12-5-13(7-20)9-21(8-12,11-20)26-15-14(25(4)18(26)28)10-23-17(22)24-15/h10,12-13,16,27H,5-9,11H2,1-4H3. The SMILES string of the molecule is Cn1c(=O)n(C23CC4CC(CC(C(O)OC(C)(C)C)(C4)C2)C3)c2nc(Cl)ncc21. The summed E-state index contributed by atoms with van der Waals surface area (Å²) in [5, 5.41) is 11.3. The smallest absolute Gasteiger partial charge is 0.330 e. The third-order valence-corrected chi connectivity index (χ3v) is 7.49. The highest BCUT2D eigenvalue weighted by atomic mass is 35.5. The second kappa shape index (κ2) is 6.05. The maximum absolute atomic E-state index is 13.3. The number of rotatable bonds is 3. The summed E-state index contributed by atoms with van der Waals surface area (Å²) >= 11 is 6.10. The van der Waals surface area contributed by atoms with Crippen LogP contribution in [0.3, 0.4) is 0 Å². The minimum atomic E-state index is -0.836. The van der Waals surface area contributed by atoms with E-state index in [2.05, 4.69) is 9.97 Å². The number of ether oxygens (including phenoxy) is 1. The highest BCUT2D eigenvalue weighted by molar-refractivity contribution is 6.28. The molecule has 2 aromatic heterocycles. The van der Waals surface area contributed by atoms with Gasteiger partial charge in [-0.25, -0.2) is 9.78 Å². The van der Waals surface area contributed by atoms with E-state index >= 15 is 0 Å². The van der Waals surface area contributed by atoms with E-state index in [-0.39, 0.29) is 21.9 Å². The fourth-order valence-electron chi connectivity index (χ4n) is 6.81. The van der Waals surface area contributed by atoms with Gasteiger partial charge < -0.3 is 9.84 Å². The molecule has 8 heteroatoms. The van der Waals surface area contributed by atoms with Gasteiger partial charge in [-0.1, -0.05) is 0 Å². The largest absolute Gasteiger partial charge is 0.367 e. The number of imidazole rings is 1. The summed E-state index contributed by atoms with van der Waals surface area (Å²) in [7, 11) is 1.76. The van der Waals surface area contributed by atoms with E-state index in [1.165, 1.54) is 6.42 Å². The Morgan fingerprint density at radius 1 is 1.28 bits per heavy atom. The second-order valence-electron chi connectivity index (χ2n) is 10.7. The van der Waals surface area contributed by atoms with Gasteiger partial charge in [-0.3, -0.25) is 9.13 Å². The molecule has 3 atom stereocenters. The molecular formula is C21H29ClN4O3. The molecule has 0 aromatic carbocycles. The molecule has 0 aliphatic heterocycles. The molecule has 6 rings (SSSR count). The molecule has 4 fully saturated rings. The van der Waals surface area contributed by atoms with Crippen LogP contribution in [-0.4, -0.2) is 36.1 Å². The summed E-state index contributed by atoms with van der Waals surface area (Å²) in [4.78, 5) is 21.9. The normalized spacial score (nSPS) is 34.8. The predicted molar refractivity (Wildman–Crippen MR) is 110 cm³/mol. The number of aliphatic hydroxyl groups excluding tert-OH is 1. The molecule has 4 bridgehead atoms. The van der Waals surface area contributed by atoms with Crippen LogP contribution in [0, 0.1) is 17.3 Å². The molecule has 29 heavy (non-hydrogen) atoms. The molecule has 0 spiro atoms.